The van der Waals surface area contributed by atoms with E-state index in [4.69, 9.17) is 0 Å². The normalized spacial score (nSPS) is 12.7. The van der Waals surface area contributed by atoms with Gasteiger partial charge in [-0.05, 0) is 49.0 Å². The van der Waals surface area contributed by atoms with Gasteiger partial charge in [-0.15, -0.1) is 0 Å². The lowest BCUT2D eigenvalue weighted by molar-refractivity contribution is -0.138. The first kappa shape index (κ1) is 18.7. The average molecular weight is 366 g/mol. The topological polar surface area (TPSA) is 20.2 Å². The van der Waals surface area contributed by atoms with Crippen LogP contribution in [0, 0.1) is 0 Å². The zero-order valence-electron chi connectivity index (χ0n) is 12.2. The minimum Gasteiger partial charge on any atom is -0.396 e. The molecule has 2 rings (SSSR count). The molecule has 24 heavy (non-hydrogen) atoms. The molecule has 130 valence electrons. The first-order chi connectivity index (χ1) is 11.1. The zero-order valence-corrected chi connectivity index (χ0v) is 13.1. The first-order valence-electron chi connectivity index (χ1n) is 6.86. The Hall–Kier alpha value is -1.59. The molecule has 0 bridgehead atoms. The highest BCUT2D eigenvalue weighted by atomic mass is 31.1. The molecule has 0 spiro atoms. The second-order valence-electron chi connectivity index (χ2n) is 4.96. The van der Waals surface area contributed by atoms with Crippen LogP contribution in [-0.4, -0.2) is 17.9 Å². The van der Waals surface area contributed by atoms with E-state index in [2.05, 4.69) is 0 Å². The van der Waals surface area contributed by atoms with Crippen molar-refractivity contribution in [2.24, 2.45) is 0 Å². The van der Waals surface area contributed by atoms with Gasteiger partial charge in [0.05, 0.1) is 11.1 Å². The highest BCUT2D eigenvalue weighted by Crippen LogP contribution is 2.36. The van der Waals surface area contributed by atoms with E-state index in [0.29, 0.717) is 10.6 Å². The third-order valence-corrected chi connectivity index (χ3v) is 5.83. The highest BCUT2D eigenvalue weighted by molar-refractivity contribution is 7.73. The molecule has 0 aliphatic carbocycles. The summed E-state index contributed by atoms with van der Waals surface area (Å²) in [6, 6.07) is 8.98. The van der Waals surface area contributed by atoms with E-state index in [1.54, 1.807) is 0 Å². The molecule has 0 unspecified atom stereocenters. The number of benzene rings is 2. The predicted molar refractivity (Wildman–Crippen MR) is 81.0 cm³/mol. The van der Waals surface area contributed by atoms with Crippen LogP contribution in [0.2, 0.25) is 0 Å². The van der Waals surface area contributed by atoms with Crippen LogP contribution >= 0.6 is 7.92 Å². The number of halogens is 6. The van der Waals surface area contributed by atoms with Crippen molar-refractivity contribution < 1.29 is 31.4 Å². The highest BCUT2D eigenvalue weighted by Gasteiger charge is 2.31. The van der Waals surface area contributed by atoms with E-state index in [0.717, 1.165) is 24.3 Å². The van der Waals surface area contributed by atoms with Crippen molar-refractivity contribution in [1.82, 2.24) is 0 Å². The Bertz CT molecular complexity index is 603. The average Bonchev–Trinajstić information content (AvgIpc) is 2.51. The van der Waals surface area contributed by atoms with E-state index >= 15 is 0 Å². The molecule has 0 radical (unpaired) electrons. The number of aliphatic hydroxyl groups is 1. The van der Waals surface area contributed by atoms with Crippen LogP contribution in [-0.2, 0) is 12.4 Å². The maximum atomic E-state index is 12.6. The molecule has 0 aliphatic heterocycles. The Morgan fingerprint density at radius 1 is 0.667 bits per heavy atom. The van der Waals surface area contributed by atoms with Crippen LogP contribution in [0.1, 0.15) is 11.1 Å². The minimum absolute atomic E-state index is 0.215. The van der Waals surface area contributed by atoms with Gasteiger partial charge in [-0.2, -0.15) is 26.3 Å². The monoisotopic (exact) mass is 366 g/mol. The first-order valence-corrected chi connectivity index (χ1v) is 8.38. The minimum atomic E-state index is -4.45. The molecule has 0 aromatic heterocycles. The number of hydrogen-bond donors (Lipinski definition) is 1. The van der Waals surface area contributed by atoms with Gasteiger partial charge in [-0.3, -0.25) is 0 Å². The molecule has 0 saturated heterocycles. The van der Waals surface area contributed by atoms with Crippen molar-refractivity contribution in [3.8, 4) is 0 Å². The lowest BCUT2D eigenvalue weighted by Crippen LogP contribution is -2.17. The molecular formula is C16H13F6OP. The summed E-state index contributed by atoms with van der Waals surface area (Å²) in [5.74, 6) is 0. The summed E-state index contributed by atoms with van der Waals surface area (Å²) in [5, 5.41) is 10.3. The molecule has 1 nitrogen and oxygen atoms in total. The fourth-order valence-corrected chi connectivity index (χ4v) is 4.20. The Balaban J connectivity index is 2.32. The lowest BCUT2D eigenvalue weighted by Gasteiger charge is -2.19. The molecule has 0 amide bonds. The molecule has 0 aliphatic rings. The maximum absolute atomic E-state index is 12.6. The Labute approximate surface area is 135 Å². The van der Waals surface area contributed by atoms with Crippen molar-refractivity contribution in [1.29, 1.82) is 0 Å². The summed E-state index contributed by atoms with van der Waals surface area (Å²) in [4.78, 5) is 0. The van der Waals surface area contributed by atoms with Crippen LogP contribution in [0.5, 0.6) is 0 Å². The van der Waals surface area contributed by atoms with Crippen molar-refractivity contribution in [3.63, 3.8) is 0 Å². The van der Waals surface area contributed by atoms with Gasteiger partial charge in [0.25, 0.3) is 0 Å². The summed E-state index contributed by atoms with van der Waals surface area (Å²) < 4.78 is 75.6. The predicted octanol–water partition coefficient (Wildman–Crippen LogP) is 4.15. The second-order valence-corrected chi connectivity index (χ2v) is 7.30. The van der Waals surface area contributed by atoms with Gasteiger partial charge < -0.3 is 5.11 Å². The van der Waals surface area contributed by atoms with Crippen LogP contribution in [0.4, 0.5) is 26.3 Å². The molecule has 1 N–H and O–H groups in total. The number of rotatable bonds is 4. The summed E-state index contributed by atoms with van der Waals surface area (Å²) >= 11 is 0. The molecule has 0 fully saturated rings. The smallest absolute Gasteiger partial charge is 0.396 e. The van der Waals surface area contributed by atoms with Gasteiger partial charge >= 0.3 is 12.4 Å². The fourth-order valence-electron chi connectivity index (χ4n) is 2.17. The van der Waals surface area contributed by atoms with Crippen molar-refractivity contribution in [2.75, 3.05) is 12.8 Å². The lowest BCUT2D eigenvalue weighted by atomic mass is 10.2. The van der Waals surface area contributed by atoms with Gasteiger partial charge in [0, 0.05) is 6.61 Å². The largest absolute Gasteiger partial charge is 0.416 e. The van der Waals surface area contributed by atoms with Crippen LogP contribution < -0.4 is 10.6 Å². The third-order valence-electron chi connectivity index (χ3n) is 3.34. The van der Waals surface area contributed by atoms with Gasteiger partial charge in [-0.25, -0.2) is 0 Å². The Morgan fingerprint density at radius 3 is 1.25 bits per heavy atom. The molecule has 0 atom stereocenters. The van der Waals surface area contributed by atoms with E-state index in [9.17, 15) is 31.4 Å². The van der Waals surface area contributed by atoms with Crippen LogP contribution in [0.3, 0.4) is 0 Å². The molecule has 8 heteroatoms. The fraction of sp³-hybridized carbons (Fsp3) is 0.250. The quantitative estimate of drug-likeness (QED) is 0.637. The van der Waals surface area contributed by atoms with Crippen molar-refractivity contribution in [3.05, 3.63) is 59.7 Å². The van der Waals surface area contributed by atoms with E-state index in [-0.39, 0.29) is 12.8 Å². The summed E-state index contributed by atoms with van der Waals surface area (Å²) in [7, 11) is -1.23. The zero-order chi connectivity index (χ0) is 18.0. The van der Waals surface area contributed by atoms with Gasteiger partial charge in [0.2, 0.25) is 0 Å². The Kier molecular flexibility index (Phi) is 5.56. The molecule has 0 heterocycles. The molecule has 2 aromatic carbocycles. The standard InChI is InChI=1S/C16H13F6OP/c17-15(18,19)11-1-5-13(6-2-11)24(10-9-23)14-7-3-12(4-8-14)16(20,21)22/h1-8,23H,9-10H2. The van der Waals surface area contributed by atoms with E-state index in [1.807, 2.05) is 0 Å². The van der Waals surface area contributed by atoms with Crippen molar-refractivity contribution >= 4 is 18.5 Å². The number of alkyl halides is 6. The number of aliphatic hydroxyl groups excluding tert-OH is 1. The summed E-state index contributed by atoms with van der Waals surface area (Å²) in [5.41, 5.74) is -1.59. The Morgan fingerprint density at radius 2 is 1.00 bits per heavy atom. The van der Waals surface area contributed by atoms with E-state index in [1.165, 1.54) is 24.3 Å². The van der Waals surface area contributed by atoms with Gasteiger partial charge in [0.15, 0.2) is 0 Å². The van der Waals surface area contributed by atoms with Crippen molar-refractivity contribution in [2.45, 2.75) is 12.4 Å². The SMILES string of the molecule is OCCP(c1ccc(C(F)(F)F)cc1)c1ccc(C(F)(F)F)cc1. The summed E-state index contributed by atoms with van der Waals surface area (Å²) in [6.45, 7) is -0.215. The molecule has 0 saturated carbocycles. The molecule has 2 aromatic rings. The van der Waals surface area contributed by atoms with Gasteiger partial charge in [0.1, 0.15) is 0 Å². The second kappa shape index (κ2) is 7.11. The molecular weight excluding hydrogens is 353 g/mol. The third kappa shape index (κ3) is 4.48. The van der Waals surface area contributed by atoms with Gasteiger partial charge in [-0.1, -0.05) is 24.3 Å². The summed E-state index contributed by atoms with van der Waals surface area (Å²) in [6.07, 6.45) is -8.65. The van der Waals surface area contributed by atoms with E-state index < -0.39 is 31.4 Å². The van der Waals surface area contributed by atoms with Crippen LogP contribution in [0.15, 0.2) is 48.5 Å². The number of hydrogen-bond acceptors (Lipinski definition) is 1. The van der Waals surface area contributed by atoms with Crippen LogP contribution in [0.25, 0.3) is 0 Å². The maximum Gasteiger partial charge on any atom is 0.416 e.